The molecule has 0 aromatic rings. The topological polar surface area (TPSA) is 38.7 Å². The zero-order chi connectivity index (χ0) is 15.9. The van der Waals surface area contributed by atoms with Crippen molar-refractivity contribution in [2.75, 3.05) is 13.2 Å². The van der Waals surface area contributed by atoms with E-state index in [4.69, 9.17) is 9.47 Å². The fraction of sp³-hybridized carbons (Fsp3) is 0.895. The number of aliphatic hydroxyl groups excluding tert-OH is 1. The van der Waals surface area contributed by atoms with Crippen LogP contribution in [0.1, 0.15) is 84.0 Å². The molecule has 1 N–H and O–H groups in total. The molecule has 1 unspecified atom stereocenters. The zero-order valence-corrected chi connectivity index (χ0v) is 14.3. The Labute approximate surface area is 136 Å². The minimum Gasteiger partial charge on any atom is -0.392 e. The Bertz CT molecular complexity index is 300. The van der Waals surface area contributed by atoms with E-state index >= 15 is 0 Å². The molecule has 0 amide bonds. The Hall–Kier alpha value is -0.560. The van der Waals surface area contributed by atoms with Crippen LogP contribution in [0.2, 0.25) is 0 Å². The van der Waals surface area contributed by atoms with E-state index in [1.807, 2.05) is 0 Å². The minimum absolute atomic E-state index is 0.0104. The fourth-order valence-corrected chi connectivity index (χ4v) is 2.58. The van der Waals surface area contributed by atoms with Crippen LogP contribution in [-0.4, -0.2) is 30.7 Å². The van der Waals surface area contributed by atoms with Crippen molar-refractivity contribution in [2.24, 2.45) is 0 Å². The van der Waals surface area contributed by atoms with Crippen molar-refractivity contribution in [3.05, 3.63) is 0 Å². The Kier molecular flexibility index (Phi) is 12.5. The van der Waals surface area contributed by atoms with Gasteiger partial charge in [0.2, 0.25) is 0 Å². The highest BCUT2D eigenvalue weighted by atomic mass is 16.7. The minimum atomic E-state index is -0.249. The normalized spacial score (nSPS) is 19.5. The molecule has 128 valence electrons. The first-order valence-electron chi connectivity index (χ1n) is 9.20. The summed E-state index contributed by atoms with van der Waals surface area (Å²) in [5, 5.41) is 9.83. The fourth-order valence-electron chi connectivity index (χ4n) is 2.58. The maximum absolute atomic E-state index is 9.83. The van der Waals surface area contributed by atoms with E-state index in [9.17, 15) is 5.11 Å². The predicted octanol–water partition coefficient (Wildman–Crippen LogP) is 4.42. The second kappa shape index (κ2) is 14.1. The van der Waals surface area contributed by atoms with Gasteiger partial charge in [0.05, 0.1) is 12.7 Å². The third-order valence-electron chi connectivity index (χ3n) is 3.99. The van der Waals surface area contributed by atoms with E-state index in [1.54, 1.807) is 0 Å². The van der Waals surface area contributed by atoms with Gasteiger partial charge in [-0.05, 0) is 32.1 Å². The highest BCUT2D eigenvalue weighted by molar-refractivity contribution is 5.00. The summed E-state index contributed by atoms with van der Waals surface area (Å²) < 4.78 is 11.2. The van der Waals surface area contributed by atoms with Crippen LogP contribution in [0.5, 0.6) is 0 Å². The largest absolute Gasteiger partial charge is 0.392 e. The van der Waals surface area contributed by atoms with Gasteiger partial charge in [0.25, 0.3) is 0 Å². The summed E-state index contributed by atoms with van der Waals surface area (Å²) in [6.07, 6.45) is 12.7. The summed E-state index contributed by atoms with van der Waals surface area (Å²) in [4.78, 5) is 0. The van der Waals surface area contributed by atoms with Crippen molar-refractivity contribution >= 4 is 0 Å². The summed E-state index contributed by atoms with van der Waals surface area (Å²) in [5.74, 6) is 6.22. The molecule has 0 aromatic heterocycles. The van der Waals surface area contributed by atoms with Crippen molar-refractivity contribution in [1.29, 1.82) is 0 Å². The number of ether oxygens (including phenoxy) is 2. The first-order valence-corrected chi connectivity index (χ1v) is 9.20. The van der Waals surface area contributed by atoms with Gasteiger partial charge in [0.1, 0.15) is 0 Å². The van der Waals surface area contributed by atoms with Crippen LogP contribution in [0.15, 0.2) is 0 Å². The Morgan fingerprint density at radius 1 is 1.14 bits per heavy atom. The Balaban J connectivity index is 1.88. The average Bonchev–Trinajstić information content (AvgIpc) is 2.55. The quantitative estimate of drug-likeness (QED) is 0.453. The van der Waals surface area contributed by atoms with Crippen molar-refractivity contribution in [1.82, 2.24) is 0 Å². The van der Waals surface area contributed by atoms with E-state index in [-0.39, 0.29) is 12.4 Å². The van der Waals surface area contributed by atoms with Gasteiger partial charge in [-0.15, -0.1) is 11.8 Å². The molecule has 1 rings (SSSR count). The molecule has 1 fully saturated rings. The molecule has 1 aliphatic heterocycles. The lowest BCUT2D eigenvalue weighted by atomic mass is 10.1. The first-order chi connectivity index (χ1) is 10.8. The molecule has 1 heterocycles. The van der Waals surface area contributed by atoms with E-state index < -0.39 is 0 Å². The summed E-state index contributed by atoms with van der Waals surface area (Å²) in [7, 11) is 0. The Morgan fingerprint density at radius 2 is 2.00 bits per heavy atom. The van der Waals surface area contributed by atoms with Gasteiger partial charge in [-0.2, -0.15) is 0 Å². The van der Waals surface area contributed by atoms with Crippen LogP contribution < -0.4 is 0 Å². The maximum atomic E-state index is 9.83. The lowest BCUT2D eigenvalue weighted by molar-refractivity contribution is -0.162. The monoisotopic (exact) mass is 310 g/mol. The molecule has 2 atom stereocenters. The molecule has 1 saturated heterocycles. The van der Waals surface area contributed by atoms with Gasteiger partial charge in [-0.25, -0.2) is 0 Å². The molecule has 3 heteroatoms. The van der Waals surface area contributed by atoms with Gasteiger partial charge in [0, 0.05) is 19.4 Å². The van der Waals surface area contributed by atoms with Gasteiger partial charge in [-0.3, -0.25) is 0 Å². The summed E-state index contributed by atoms with van der Waals surface area (Å²) in [6.45, 7) is 3.78. The van der Waals surface area contributed by atoms with Gasteiger partial charge in [0.15, 0.2) is 6.29 Å². The van der Waals surface area contributed by atoms with E-state index in [1.165, 1.54) is 32.1 Å². The second-order valence-corrected chi connectivity index (χ2v) is 6.18. The van der Waals surface area contributed by atoms with Crippen LogP contribution in [0.3, 0.4) is 0 Å². The lowest BCUT2D eigenvalue weighted by Crippen LogP contribution is -2.22. The van der Waals surface area contributed by atoms with Crippen LogP contribution >= 0.6 is 0 Å². The van der Waals surface area contributed by atoms with Gasteiger partial charge < -0.3 is 14.6 Å². The molecule has 0 aliphatic carbocycles. The van der Waals surface area contributed by atoms with Gasteiger partial charge >= 0.3 is 0 Å². The average molecular weight is 310 g/mol. The highest BCUT2D eigenvalue weighted by Crippen LogP contribution is 2.14. The molecule has 3 nitrogen and oxygen atoms in total. The molecule has 0 spiro atoms. The van der Waals surface area contributed by atoms with Crippen molar-refractivity contribution in [3.63, 3.8) is 0 Å². The second-order valence-electron chi connectivity index (χ2n) is 6.18. The molecule has 0 saturated carbocycles. The molecule has 22 heavy (non-hydrogen) atoms. The highest BCUT2D eigenvalue weighted by Gasteiger charge is 2.12. The number of hydrogen-bond donors (Lipinski definition) is 1. The zero-order valence-electron chi connectivity index (χ0n) is 14.3. The van der Waals surface area contributed by atoms with E-state index in [2.05, 4.69) is 18.8 Å². The molecule has 0 radical (unpaired) electrons. The molecule has 0 bridgehead atoms. The van der Waals surface area contributed by atoms with Crippen molar-refractivity contribution < 1.29 is 14.6 Å². The van der Waals surface area contributed by atoms with Crippen molar-refractivity contribution in [2.45, 2.75) is 96.4 Å². The molecular formula is C19H34O3. The third kappa shape index (κ3) is 11.1. The number of rotatable bonds is 11. The standard InChI is InChI=1S/C19H34O3/c1-2-3-4-5-8-13-18(20)14-9-6-7-11-16-21-19-15-10-12-17-22-19/h18-20H,2-5,7-8,10-17H2,1H3/t18-,19?/m0/s1. The van der Waals surface area contributed by atoms with Gasteiger partial charge in [-0.1, -0.05) is 39.0 Å². The van der Waals surface area contributed by atoms with E-state index in [0.717, 1.165) is 51.7 Å². The molecular weight excluding hydrogens is 276 g/mol. The Morgan fingerprint density at radius 3 is 2.77 bits per heavy atom. The maximum Gasteiger partial charge on any atom is 0.157 e. The van der Waals surface area contributed by atoms with Crippen LogP contribution in [0, 0.1) is 11.8 Å². The van der Waals surface area contributed by atoms with Crippen LogP contribution in [0.4, 0.5) is 0 Å². The van der Waals surface area contributed by atoms with Crippen LogP contribution in [-0.2, 0) is 9.47 Å². The first kappa shape index (κ1) is 19.5. The van der Waals surface area contributed by atoms with Crippen LogP contribution in [0.25, 0.3) is 0 Å². The molecule has 0 aromatic carbocycles. The number of aliphatic hydroxyl groups is 1. The number of unbranched alkanes of at least 4 members (excludes halogenated alkanes) is 5. The SMILES string of the molecule is CCCCCCC[C@H](O)CC#CCCCOC1CCCCO1. The summed E-state index contributed by atoms with van der Waals surface area (Å²) in [6, 6.07) is 0. The summed E-state index contributed by atoms with van der Waals surface area (Å²) >= 11 is 0. The molecule has 1 aliphatic rings. The number of hydrogen-bond acceptors (Lipinski definition) is 3. The predicted molar refractivity (Wildman–Crippen MR) is 90.6 cm³/mol. The third-order valence-corrected chi connectivity index (χ3v) is 3.99. The summed E-state index contributed by atoms with van der Waals surface area (Å²) in [5.41, 5.74) is 0. The lowest BCUT2D eigenvalue weighted by Gasteiger charge is -2.22. The smallest absolute Gasteiger partial charge is 0.157 e. The van der Waals surface area contributed by atoms with E-state index in [0.29, 0.717) is 6.42 Å². The van der Waals surface area contributed by atoms with Crippen molar-refractivity contribution in [3.8, 4) is 11.8 Å².